The first-order valence-electron chi connectivity index (χ1n) is 5.42. The molecule has 0 aliphatic carbocycles. The number of aromatic nitrogens is 1. The van der Waals surface area contributed by atoms with Gasteiger partial charge in [-0.15, -0.1) is 4.83 Å². The third-order valence-electron chi connectivity index (χ3n) is 2.49. The van der Waals surface area contributed by atoms with E-state index in [1.165, 1.54) is 24.5 Å². The maximum atomic E-state index is 11.8. The third kappa shape index (κ3) is 3.40. The molecule has 0 aromatic carbocycles. The van der Waals surface area contributed by atoms with Crippen LogP contribution in [0.25, 0.3) is 0 Å². The van der Waals surface area contributed by atoms with Crippen LogP contribution in [0.1, 0.15) is 10.4 Å². The van der Waals surface area contributed by atoms with Crippen LogP contribution >= 0.6 is 0 Å². The van der Waals surface area contributed by atoms with E-state index in [9.17, 15) is 21.6 Å². The van der Waals surface area contributed by atoms with Gasteiger partial charge < -0.3 is 0 Å². The highest BCUT2D eigenvalue weighted by molar-refractivity contribution is 7.97. The van der Waals surface area contributed by atoms with Gasteiger partial charge in [0.1, 0.15) is 0 Å². The second-order valence-corrected chi connectivity index (χ2v) is 7.87. The molecule has 0 radical (unpaired) electrons. The zero-order chi connectivity index (χ0) is 14.8. The van der Waals surface area contributed by atoms with Crippen molar-refractivity contribution in [3.63, 3.8) is 0 Å². The van der Waals surface area contributed by atoms with Crippen LogP contribution in [-0.2, 0) is 19.9 Å². The number of sulfonamides is 1. The first kappa shape index (κ1) is 14.6. The standard InChI is InChI=1S/C10H11N3O5S2/c14-10(8-2-1-4-11-6-8)12-13-20(17,18)9-3-5-19(15,16)7-9/h1-4,6,13H,5,7H2,(H,12,14). The number of rotatable bonds is 4. The summed E-state index contributed by atoms with van der Waals surface area (Å²) in [5.41, 5.74) is 2.16. The molecule has 0 saturated carbocycles. The van der Waals surface area contributed by atoms with Gasteiger partial charge in [0, 0.05) is 12.4 Å². The van der Waals surface area contributed by atoms with Gasteiger partial charge in [-0.2, -0.15) is 0 Å². The normalized spacial score (nSPS) is 17.5. The summed E-state index contributed by atoms with van der Waals surface area (Å²) in [4.78, 5) is 16.9. The summed E-state index contributed by atoms with van der Waals surface area (Å²) in [6.45, 7) is 0. The zero-order valence-electron chi connectivity index (χ0n) is 10.1. The molecular weight excluding hydrogens is 306 g/mol. The van der Waals surface area contributed by atoms with Crippen molar-refractivity contribution in [1.29, 1.82) is 0 Å². The molecule has 1 aliphatic heterocycles. The Balaban J connectivity index is 2.02. The van der Waals surface area contributed by atoms with E-state index in [1.54, 1.807) is 0 Å². The van der Waals surface area contributed by atoms with Gasteiger partial charge in [-0.3, -0.25) is 15.2 Å². The summed E-state index contributed by atoms with van der Waals surface area (Å²) in [6.07, 6.45) is 3.84. The number of nitrogens with zero attached hydrogens (tertiary/aromatic N) is 1. The highest BCUT2D eigenvalue weighted by atomic mass is 32.2. The molecular formula is C10H11N3O5S2. The molecule has 0 unspecified atom stereocenters. The van der Waals surface area contributed by atoms with E-state index in [0.717, 1.165) is 6.08 Å². The fraction of sp³-hybridized carbons (Fsp3) is 0.200. The first-order chi connectivity index (χ1) is 9.30. The van der Waals surface area contributed by atoms with Crippen molar-refractivity contribution in [3.05, 3.63) is 41.1 Å². The van der Waals surface area contributed by atoms with E-state index in [0.29, 0.717) is 0 Å². The summed E-state index contributed by atoms with van der Waals surface area (Å²) in [7, 11) is -7.46. The number of nitrogens with one attached hydrogen (secondary N) is 2. The van der Waals surface area contributed by atoms with Crippen LogP contribution in [0.2, 0.25) is 0 Å². The van der Waals surface area contributed by atoms with Crippen LogP contribution in [0.3, 0.4) is 0 Å². The number of carbonyl (C=O) groups excluding carboxylic acids is 1. The number of carbonyl (C=O) groups is 1. The quantitative estimate of drug-likeness (QED) is 0.684. The monoisotopic (exact) mass is 317 g/mol. The van der Waals surface area contributed by atoms with Gasteiger partial charge in [-0.1, -0.05) is 6.08 Å². The maximum Gasteiger partial charge on any atom is 0.267 e. The van der Waals surface area contributed by atoms with E-state index >= 15 is 0 Å². The molecule has 0 fully saturated rings. The van der Waals surface area contributed by atoms with Crippen molar-refractivity contribution in [2.24, 2.45) is 0 Å². The van der Waals surface area contributed by atoms with Gasteiger partial charge in [0.25, 0.3) is 15.9 Å². The molecule has 0 bridgehead atoms. The highest BCUT2D eigenvalue weighted by Crippen LogP contribution is 2.15. The fourth-order valence-corrected chi connectivity index (χ4v) is 4.54. The smallest absolute Gasteiger partial charge is 0.267 e. The Morgan fingerprint density at radius 1 is 1.35 bits per heavy atom. The van der Waals surface area contributed by atoms with Crippen LogP contribution in [0.4, 0.5) is 0 Å². The first-order valence-corrected chi connectivity index (χ1v) is 8.72. The zero-order valence-corrected chi connectivity index (χ0v) is 11.7. The van der Waals surface area contributed by atoms with Gasteiger partial charge in [0.2, 0.25) is 0 Å². The van der Waals surface area contributed by atoms with Crippen molar-refractivity contribution in [1.82, 2.24) is 15.2 Å². The van der Waals surface area contributed by atoms with Crippen molar-refractivity contribution >= 4 is 25.8 Å². The Bertz CT molecular complexity index is 753. The van der Waals surface area contributed by atoms with Crippen LogP contribution in [0.15, 0.2) is 35.5 Å². The molecule has 2 rings (SSSR count). The molecule has 1 aromatic heterocycles. The lowest BCUT2D eigenvalue weighted by Crippen LogP contribution is -2.42. The van der Waals surface area contributed by atoms with Crippen LogP contribution in [0, 0.1) is 0 Å². The minimum atomic E-state index is -4.05. The molecule has 0 saturated heterocycles. The molecule has 2 heterocycles. The van der Waals surface area contributed by atoms with E-state index in [1.807, 2.05) is 10.3 Å². The topological polar surface area (TPSA) is 122 Å². The minimum Gasteiger partial charge on any atom is -0.273 e. The van der Waals surface area contributed by atoms with Gasteiger partial charge >= 0.3 is 0 Å². The molecule has 8 nitrogen and oxygen atoms in total. The summed E-state index contributed by atoms with van der Waals surface area (Å²) >= 11 is 0. The second kappa shape index (κ2) is 5.31. The SMILES string of the molecule is O=C(NNS(=O)(=O)C1=CCS(=O)(=O)C1)c1cccnc1. The number of sulfone groups is 1. The molecule has 0 spiro atoms. The molecule has 108 valence electrons. The van der Waals surface area contributed by atoms with Crippen molar-refractivity contribution in [2.45, 2.75) is 0 Å². The molecule has 1 aromatic rings. The van der Waals surface area contributed by atoms with Crippen molar-refractivity contribution in [3.8, 4) is 0 Å². The van der Waals surface area contributed by atoms with E-state index < -0.39 is 31.5 Å². The summed E-state index contributed by atoms with van der Waals surface area (Å²) in [5.74, 6) is -1.58. The Labute approximate surface area is 115 Å². The van der Waals surface area contributed by atoms with E-state index in [2.05, 4.69) is 4.98 Å². The van der Waals surface area contributed by atoms with Gasteiger partial charge in [-0.05, 0) is 12.1 Å². The highest BCUT2D eigenvalue weighted by Gasteiger charge is 2.29. The van der Waals surface area contributed by atoms with Gasteiger partial charge in [0.05, 0.1) is 22.0 Å². The van der Waals surface area contributed by atoms with Crippen molar-refractivity contribution < 1.29 is 21.6 Å². The Hall–Kier alpha value is -1.78. The predicted octanol–water partition coefficient (Wildman–Crippen LogP) is -1.04. The molecule has 20 heavy (non-hydrogen) atoms. The number of hydrazine groups is 1. The van der Waals surface area contributed by atoms with E-state index in [-0.39, 0.29) is 16.2 Å². The van der Waals surface area contributed by atoms with Crippen LogP contribution < -0.4 is 10.3 Å². The number of pyridine rings is 1. The Kier molecular flexibility index (Phi) is 3.88. The molecule has 10 heteroatoms. The maximum absolute atomic E-state index is 11.8. The third-order valence-corrected chi connectivity index (χ3v) is 5.48. The lowest BCUT2D eigenvalue weighted by atomic mass is 10.3. The predicted molar refractivity (Wildman–Crippen MR) is 70.5 cm³/mol. The Morgan fingerprint density at radius 3 is 2.65 bits per heavy atom. The van der Waals surface area contributed by atoms with Gasteiger partial charge in [-0.25, -0.2) is 16.8 Å². The fourth-order valence-electron chi connectivity index (χ4n) is 1.49. The Morgan fingerprint density at radius 2 is 2.10 bits per heavy atom. The van der Waals surface area contributed by atoms with Crippen LogP contribution in [-0.4, -0.2) is 39.2 Å². The lowest BCUT2D eigenvalue weighted by Gasteiger charge is -2.08. The van der Waals surface area contributed by atoms with E-state index in [4.69, 9.17) is 0 Å². The van der Waals surface area contributed by atoms with Crippen LogP contribution in [0.5, 0.6) is 0 Å². The molecule has 1 aliphatic rings. The molecule has 0 atom stereocenters. The minimum absolute atomic E-state index is 0.170. The van der Waals surface area contributed by atoms with Gasteiger partial charge in [0.15, 0.2) is 9.84 Å². The number of amides is 1. The summed E-state index contributed by atoms with van der Waals surface area (Å²) < 4.78 is 46.0. The average molecular weight is 317 g/mol. The average Bonchev–Trinajstić information content (AvgIpc) is 2.78. The number of hydrogen-bond acceptors (Lipinski definition) is 6. The summed E-state index contributed by atoms with van der Waals surface area (Å²) in [6, 6.07) is 2.98. The lowest BCUT2D eigenvalue weighted by molar-refractivity contribution is 0.0945. The van der Waals surface area contributed by atoms with Crippen molar-refractivity contribution in [2.75, 3.05) is 11.5 Å². The number of hydrogen-bond donors (Lipinski definition) is 2. The molecule has 1 amide bonds. The second-order valence-electron chi connectivity index (χ2n) is 4.03. The largest absolute Gasteiger partial charge is 0.273 e. The molecule has 2 N–H and O–H groups in total. The summed E-state index contributed by atoms with van der Waals surface area (Å²) in [5, 5.41) is 0.